The second-order valence-electron chi connectivity index (χ2n) is 7.73. The van der Waals surface area contributed by atoms with Gasteiger partial charge < -0.3 is 9.47 Å². The minimum atomic E-state index is -0.951. The molecule has 21 heavy (non-hydrogen) atoms. The lowest BCUT2D eigenvalue weighted by Crippen LogP contribution is -2.65. The third kappa shape index (κ3) is 1.13. The first kappa shape index (κ1) is 13.1. The Kier molecular flexibility index (Phi) is 2.14. The van der Waals surface area contributed by atoms with E-state index < -0.39 is 22.9 Å². The van der Waals surface area contributed by atoms with Crippen molar-refractivity contribution in [2.45, 2.75) is 52.2 Å². The largest absolute Gasteiger partial charge is 0.457 e. The van der Waals surface area contributed by atoms with Crippen LogP contribution in [-0.4, -0.2) is 24.1 Å². The zero-order valence-electron chi connectivity index (χ0n) is 12.5. The summed E-state index contributed by atoms with van der Waals surface area (Å²) < 4.78 is 11.1. The van der Waals surface area contributed by atoms with Crippen molar-refractivity contribution in [3.63, 3.8) is 0 Å². The van der Waals surface area contributed by atoms with Crippen LogP contribution in [0.2, 0.25) is 0 Å². The normalized spacial score (nSPS) is 48.6. The van der Waals surface area contributed by atoms with E-state index in [1.54, 1.807) is 0 Å². The smallest absolute Gasteiger partial charge is 0.327 e. The molecule has 4 saturated carbocycles. The van der Waals surface area contributed by atoms with Gasteiger partial charge in [0.1, 0.15) is 12.2 Å². The van der Waals surface area contributed by atoms with Crippen LogP contribution in [0.5, 0.6) is 0 Å². The van der Waals surface area contributed by atoms with Gasteiger partial charge in [0, 0.05) is 11.3 Å². The maximum absolute atomic E-state index is 12.3. The minimum absolute atomic E-state index is 0.0601. The van der Waals surface area contributed by atoms with Gasteiger partial charge in [0.25, 0.3) is 0 Å². The highest BCUT2D eigenvalue weighted by Crippen LogP contribution is 2.82. The quantitative estimate of drug-likeness (QED) is 0.741. The Morgan fingerprint density at radius 2 is 2.19 bits per heavy atom. The topological polar surface area (TPSA) is 76.4 Å². The first-order chi connectivity index (χ1) is 9.83. The van der Waals surface area contributed by atoms with Gasteiger partial charge in [0.05, 0.1) is 11.5 Å². The summed E-state index contributed by atoms with van der Waals surface area (Å²) in [6.45, 7) is 5.68. The average Bonchev–Trinajstić information content (AvgIpc) is 2.91. The molecule has 1 heterocycles. The maximum Gasteiger partial charge on any atom is 0.327 e. The number of carbonyl (C=O) groups excluding carboxylic acids is 2. The van der Waals surface area contributed by atoms with E-state index in [4.69, 9.17) is 9.47 Å². The highest BCUT2D eigenvalue weighted by atomic mass is 16.6. The SMILES string of the molecule is CCC(C)(C)C(=O)OC1C2OC(=O)C3(C#N)C4CC1(C4)C23. The van der Waals surface area contributed by atoms with Gasteiger partial charge in [0.2, 0.25) is 0 Å². The molecule has 0 aromatic heterocycles. The lowest BCUT2D eigenvalue weighted by molar-refractivity contribution is -0.238. The van der Waals surface area contributed by atoms with Gasteiger partial charge in [0.15, 0.2) is 5.41 Å². The number of nitriles is 1. The number of carbonyl (C=O) groups is 2. The summed E-state index contributed by atoms with van der Waals surface area (Å²) in [5, 5.41) is 9.51. The number of hydrogen-bond acceptors (Lipinski definition) is 5. The molecule has 4 aliphatic carbocycles. The molecule has 1 saturated heterocycles. The van der Waals surface area contributed by atoms with Crippen LogP contribution in [0, 0.1) is 39.4 Å². The van der Waals surface area contributed by atoms with Gasteiger partial charge >= 0.3 is 11.9 Å². The van der Waals surface area contributed by atoms with Crippen molar-refractivity contribution in [1.29, 1.82) is 5.26 Å². The minimum Gasteiger partial charge on any atom is -0.457 e. The number of hydrogen-bond donors (Lipinski definition) is 0. The summed E-state index contributed by atoms with van der Waals surface area (Å²) >= 11 is 0. The van der Waals surface area contributed by atoms with E-state index in [2.05, 4.69) is 6.07 Å². The maximum atomic E-state index is 12.3. The zero-order valence-corrected chi connectivity index (χ0v) is 12.5. The number of ether oxygens (including phenoxy) is 2. The van der Waals surface area contributed by atoms with Crippen LogP contribution in [0.4, 0.5) is 0 Å². The molecule has 4 atom stereocenters. The Balaban J connectivity index is 1.62. The predicted molar refractivity (Wildman–Crippen MR) is 70.5 cm³/mol. The molecule has 5 fully saturated rings. The Morgan fingerprint density at radius 1 is 1.52 bits per heavy atom. The molecule has 2 bridgehead atoms. The van der Waals surface area contributed by atoms with E-state index in [0.717, 1.165) is 12.8 Å². The first-order valence-electron chi connectivity index (χ1n) is 7.67. The molecule has 0 N–H and O–H groups in total. The van der Waals surface area contributed by atoms with Crippen LogP contribution in [0.15, 0.2) is 0 Å². The molecule has 1 spiro atoms. The lowest BCUT2D eigenvalue weighted by atomic mass is 9.52. The van der Waals surface area contributed by atoms with E-state index in [0.29, 0.717) is 6.42 Å². The van der Waals surface area contributed by atoms with Gasteiger partial charge in [-0.15, -0.1) is 0 Å². The molecule has 4 unspecified atom stereocenters. The van der Waals surface area contributed by atoms with Crippen molar-refractivity contribution in [2.24, 2.45) is 28.1 Å². The van der Waals surface area contributed by atoms with E-state index in [1.807, 2.05) is 20.8 Å². The lowest BCUT2D eigenvalue weighted by Gasteiger charge is -2.57. The Labute approximate surface area is 123 Å². The van der Waals surface area contributed by atoms with Crippen molar-refractivity contribution in [3.8, 4) is 6.07 Å². The van der Waals surface area contributed by atoms with Crippen molar-refractivity contribution < 1.29 is 19.1 Å². The molecule has 112 valence electrons. The Morgan fingerprint density at radius 3 is 2.76 bits per heavy atom. The number of esters is 2. The Bertz CT molecular complexity index is 598. The zero-order chi connectivity index (χ0) is 15.2. The first-order valence-corrected chi connectivity index (χ1v) is 7.67. The molecule has 0 aromatic carbocycles. The van der Waals surface area contributed by atoms with Gasteiger partial charge in [-0.1, -0.05) is 6.92 Å². The molecule has 5 nitrogen and oxygen atoms in total. The number of rotatable bonds is 3. The monoisotopic (exact) mass is 289 g/mol. The van der Waals surface area contributed by atoms with E-state index in [-0.39, 0.29) is 29.3 Å². The van der Waals surface area contributed by atoms with Crippen molar-refractivity contribution in [3.05, 3.63) is 0 Å². The third-order valence-electron chi connectivity index (χ3n) is 6.64. The fourth-order valence-corrected chi connectivity index (χ4v) is 4.97. The highest BCUT2D eigenvalue weighted by Gasteiger charge is 2.90. The molecular weight excluding hydrogens is 270 g/mol. The Hall–Kier alpha value is -1.57. The second-order valence-corrected chi connectivity index (χ2v) is 7.73. The van der Waals surface area contributed by atoms with Crippen LogP contribution in [0.25, 0.3) is 0 Å². The van der Waals surface area contributed by atoms with Crippen LogP contribution >= 0.6 is 0 Å². The summed E-state index contributed by atoms with van der Waals surface area (Å²) in [4.78, 5) is 24.5. The summed E-state index contributed by atoms with van der Waals surface area (Å²) in [5.74, 6) is -0.593. The summed E-state index contributed by atoms with van der Waals surface area (Å²) in [7, 11) is 0. The number of nitrogens with zero attached hydrogens (tertiary/aromatic N) is 1. The third-order valence-corrected chi connectivity index (χ3v) is 6.64. The van der Waals surface area contributed by atoms with Crippen LogP contribution < -0.4 is 0 Å². The summed E-state index contributed by atoms with van der Waals surface area (Å²) in [6, 6.07) is 2.24. The highest BCUT2D eigenvalue weighted by molar-refractivity contribution is 5.87. The van der Waals surface area contributed by atoms with Gasteiger partial charge in [-0.05, 0) is 39.0 Å². The average molecular weight is 289 g/mol. The standard InChI is InChI=1S/C16H19NO4/c1-4-14(2,3)12(18)21-11-9-10-15(11)5-8(6-15)16(10,7-17)13(19)20-9/h8-11H,4-6H2,1-3H3. The van der Waals surface area contributed by atoms with Crippen molar-refractivity contribution >= 4 is 11.9 Å². The molecule has 1 aliphatic heterocycles. The van der Waals surface area contributed by atoms with Crippen molar-refractivity contribution in [1.82, 2.24) is 0 Å². The fourth-order valence-electron chi connectivity index (χ4n) is 4.97. The van der Waals surface area contributed by atoms with Gasteiger partial charge in [-0.25, -0.2) is 0 Å². The second kappa shape index (κ2) is 3.43. The fraction of sp³-hybridized carbons (Fsp3) is 0.812. The molecule has 5 aliphatic rings. The van der Waals surface area contributed by atoms with Crippen molar-refractivity contribution in [2.75, 3.05) is 0 Å². The van der Waals surface area contributed by atoms with Gasteiger partial charge in [-0.2, -0.15) is 5.26 Å². The molecule has 5 rings (SSSR count). The molecule has 0 aromatic rings. The van der Waals surface area contributed by atoms with E-state index >= 15 is 0 Å². The predicted octanol–water partition coefficient (Wildman–Crippen LogP) is 1.81. The van der Waals surface area contributed by atoms with Crippen LogP contribution in [0.1, 0.15) is 40.0 Å². The van der Waals surface area contributed by atoms with Gasteiger partial charge in [-0.3, -0.25) is 9.59 Å². The molecule has 0 amide bonds. The summed E-state index contributed by atoms with van der Waals surface area (Å²) in [6.07, 6.45) is 1.59. The van der Waals surface area contributed by atoms with Crippen LogP contribution in [0.3, 0.4) is 0 Å². The molecule has 5 heteroatoms. The summed E-state index contributed by atoms with van der Waals surface area (Å²) in [5.41, 5.74) is -1.65. The van der Waals surface area contributed by atoms with E-state index in [9.17, 15) is 14.9 Å². The van der Waals surface area contributed by atoms with E-state index in [1.165, 1.54) is 0 Å². The molecular formula is C16H19NO4. The molecule has 0 radical (unpaired) electrons. The van der Waals surface area contributed by atoms with Crippen LogP contribution in [-0.2, 0) is 19.1 Å².